The molecule has 0 spiro atoms. The van der Waals surface area contributed by atoms with Gasteiger partial charge in [0.2, 0.25) is 0 Å². The lowest BCUT2D eigenvalue weighted by Gasteiger charge is -2.32. The molecule has 0 atom stereocenters. The fourth-order valence-electron chi connectivity index (χ4n) is 3.84. The third kappa shape index (κ3) is 5.54. The Kier molecular flexibility index (Phi) is 7.30. The van der Waals surface area contributed by atoms with Crippen molar-refractivity contribution >= 4 is 34.8 Å². The van der Waals surface area contributed by atoms with Crippen LogP contribution in [0, 0.1) is 6.92 Å². The molecule has 4 rings (SSSR count). The maximum atomic E-state index is 12.9. The van der Waals surface area contributed by atoms with Crippen molar-refractivity contribution in [2.75, 3.05) is 19.7 Å². The Balaban J connectivity index is 1.33. The molecule has 2 heterocycles. The highest BCUT2D eigenvalue weighted by Crippen LogP contribution is 2.29. The van der Waals surface area contributed by atoms with Gasteiger partial charge in [-0.2, -0.15) is 0 Å². The van der Waals surface area contributed by atoms with E-state index in [0.29, 0.717) is 40.9 Å². The molecule has 33 heavy (non-hydrogen) atoms. The number of nitrogens with one attached hydrogen (secondary N) is 1. The molecule has 2 aromatic carbocycles. The Morgan fingerprint density at radius 3 is 2.42 bits per heavy atom. The zero-order valence-corrected chi connectivity index (χ0v) is 20.2. The predicted octanol–water partition coefficient (Wildman–Crippen LogP) is 5.21. The van der Waals surface area contributed by atoms with Crippen LogP contribution in [0.4, 0.5) is 0 Å². The minimum atomic E-state index is -0.110. The number of benzene rings is 2. The van der Waals surface area contributed by atoms with Crippen LogP contribution in [-0.4, -0.2) is 47.4 Å². The van der Waals surface area contributed by atoms with Crippen molar-refractivity contribution in [1.82, 2.24) is 15.2 Å². The molecule has 1 aliphatic rings. The first-order valence-corrected chi connectivity index (χ1v) is 12.2. The Labute approximate surface area is 202 Å². The predicted molar refractivity (Wildman–Crippen MR) is 131 cm³/mol. The maximum Gasteiger partial charge on any atom is 0.263 e. The largest absolute Gasteiger partial charge is 0.494 e. The first-order valence-electron chi connectivity index (χ1n) is 11.0. The quantitative estimate of drug-likeness (QED) is 0.522. The van der Waals surface area contributed by atoms with Gasteiger partial charge in [0.1, 0.15) is 15.6 Å². The zero-order chi connectivity index (χ0) is 23.4. The van der Waals surface area contributed by atoms with E-state index in [1.807, 2.05) is 55.1 Å². The molecule has 0 bridgehead atoms. The average molecular weight is 484 g/mol. The summed E-state index contributed by atoms with van der Waals surface area (Å²) in [7, 11) is 0. The van der Waals surface area contributed by atoms with Crippen LogP contribution in [-0.2, 0) is 0 Å². The lowest BCUT2D eigenvalue weighted by Crippen LogP contribution is -2.46. The summed E-state index contributed by atoms with van der Waals surface area (Å²) in [4.78, 5) is 32.7. The first kappa shape index (κ1) is 23.3. The van der Waals surface area contributed by atoms with Gasteiger partial charge in [0.05, 0.1) is 12.3 Å². The average Bonchev–Trinajstić information content (AvgIpc) is 3.22. The fourth-order valence-corrected chi connectivity index (χ4v) is 4.94. The third-order valence-corrected chi connectivity index (χ3v) is 7.08. The van der Waals surface area contributed by atoms with E-state index in [4.69, 9.17) is 16.3 Å². The number of halogens is 1. The molecule has 0 radical (unpaired) electrons. The summed E-state index contributed by atoms with van der Waals surface area (Å²) in [5.74, 6) is 0.656. The number of hydrogen-bond donors (Lipinski definition) is 1. The van der Waals surface area contributed by atoms with Crippen molar-refractivity contribution in [3.8, 4) is 16.3 Å². The SMILES string of the molecule is CCOc1ccc(C(=O)N2CCC(NC(=O)c3sc(-c4ccc(Cl)cc4)nc3C)CC2)cc1. The van der Waals surface area contributed by atoms with Gasteiger partial charge in [0.25, 0.3) is 11.8 Å². The smallest absolute Gasteiger partial charge is 0.263 e. The van der Waals surface area contributed by atoms with Crippen LogP contribution >= 0.6 is 22.9 Å². The number of aromatic nitrogens is 1. The molecule has 1 N–H and O–H groups in total. The minimum absolute atomic E-state index is 0.00809. The van der Waals surface area contributed by atoms with Crippen LogP contribution in [0.2, 0.25) is 5.02 Å². The van der Waals surface area contributed by atoms with Crippen LogP contribution in [0.25, 0.3) is 10.6 Å². The first-order chi connectivity index (χ1) is 15.9. The summed E-state index contributed by atoms with van der Waals surface area (Å²) in [6.45, 7) is 5.58. The molecule has 2 amide bonds. The number of rotatable bonds is 6. The van der Waals surface area contributed by atoms with Crippen molar-refractivity contribution in [3.05, 3.63) is 69.7 Å². The number of amides is 2. The Hall–Kier alpha value is -2.90. The van der Waals surface area contributed by atoms with Gasteiger partial charge < -0.3 is 15.0 Å². The number of piperidine rings is 1. The third-order valence-electron chi connectivity index (χ3n) is 5.62. The van der Waals surface area contributed by atoms with Gasteiger partial charge in [0, 0.05) is 35.3 Å². The number of ether oxygens (including phenoxy) is 1. The number of likely N-dealkylation sites (tertiary alicyclic amines) is 1. The van der Waals surface area contributed by atoms with Gasteiger partial charge >= 0.3 is 0 Å². The molecule has 1 saturated heterocycles. The Morgan fingerprint density at radius 1 is 1.12 bits per heavy atom. The maximum absolute atomic E-state index is 12.9. The van der Waals surface area contributed by atoms with E-state index < -0.39 is 0 Å². The number of carbonyl (C=O) groups excluding carboxylic acids is 2. The Bertz CT molecular complexity index is 1120. The Morgan fingerprint density at radius 2 is 1.79 bits per heavy atom. The number of hydrogen-bond acceptors (Lipinski definition) is 5. The van der Waals surface area contributed by atoms with E-state index in [-0.39, 0.29) is 17.9 Å². The van der Waals surface area contributed by atoms with Gasteiger partial charge in [0.15, 0.2) is 0 Å². The van der Waals surface area contributed by atoms with Crippen LogP contribution in [0.1, 0.15) is 45.5 Å². The van der Waals surface area contributed by atoms with E-state index in [1.165, 1.54) is 11.3 Å². The number of thiazole rings is 1. The van der Waals surface area contributed by atoms with Crippen LogP contribution in [0.15, 0.2) is 48.5 Å². The summed E-state index contributed by atoms with van der Waals surface area (Å²) in [5.41, 5.74) is 2.30. The number of aryl methyl sites for hydroxylation is 1. The molecular formula is C25H26ClN3O3S. The topological polar surface area (TPSA) is 71.5 Å². The van der Waals surface area contributed by atoms with Gasteiger partial charge in [-0.05, 0) is 63.1 Å². The molecule has 6 nitrogen and oxygen atoms in total. The number of nitrogens with zero attached hydrogens (tertiary/aromatic N) is 2. The highest BCUT2D eigenvalue weighted by Gasteiger charge is 2.26. The number of carbonyl (C=O) groups is 2. The van der Waals surface area contributed by atoms with Gasteiger partial charge in [-0.25, -0.2) is 4.98 Å². The normalized spacial score (nSPS) is 14.2. The molecule has 8 heteroatoms. The molecule has 0 aliphatic carbocycles. The van der Waals surface area contributed by atoms with Crippen molar-refractivity contribution in [3.63, 3.8) is 0 Å². The molecule has 0 saturated carbocycles. The van der Waals surface area contributed by atoms with Crippen molar-refractivity contribution in [2.24, 2.45) is 0 Å². The summed E-state index contributed by atoms with van der Waals surface area (Å²) in [6, 6.07) is 14.7. The highest BCUT2D eigenvalue weighted by molar-refractivity contribution is 7.17. The van der Waals surface area contributed by atoms with E-state index in [2.05, 4.69) is 10.3 Å². The van der Waals surface area contributed by atoms with Crippen LogP contribution in [0.3, 0.4) is 0 Å². The summed E-state index contributed by atoms with van der Waals surface area (Å²) in [5, 5.41) is 4.59. The second-order valence-corrected chi connectivity index (χ2v) is 9.37. The van der Waals surface area contributed by atoms with Crippen molar-refractivity contribution < 1.29 is 14.3 Å². The lowest BCUT2D eigenvalue weighted by molar-refractivity contribution is 0.0698. The van der Waals surface area contributed by atoms with Crippen molar-refractivity contribution in [2.45, 2.75) is 32.7 Å². The monoisotopic (exact) mass is 483 g/mol. The molecule has 1 fully saturated rings. The summed E-state index contributed by atoms with van der Waals surface area (Å²) < 4.78 is 5.44. The second-order valence-electron chi connectivity index (χ2n) is 7.94. The molecule has 1 aliphatic heterocycles. The standard InChI is InChI=1S/C25H26ClN3O3S/c1-3-32-21-10-6-18(7-11-21)25(31)29-14-12-20(13-15-29)28-23(30)22-16(2)27-24(33-22)17-4-8-19(26)9-5-17/h4-11,20H,3,12-15H2,1-2H3,(H,28,30). The van der Waals surface area contributed by atoms with E-state index in [9.17, 15) is 9.59 Å². The molecule has 3 aromatic rings. The molecule has 1 aromatic heterocycles. The molecule has 0 unspecified atom stereocenters. The molecular weight excluding hydrogens is 458 g/mol. The lowest BCUT2D eigenvalue weighted by atomic mass is 10.0. The molecule has 172 valence electrons. The zero-order valence-electron chi connectivity index (χ0n) is 18.6. The van der Waals surface area contributed by atoms with E-state index >= 15 is 0 Å². The van der Waals surface area contributed by atoms with Gasteiger partial charge in [-0.1, -0.05) is 23.7 Å². The fraction of sp³-hybridized carbons (Fsp3) is 0.320. The summed E-state index contributed by atoms with van der Waals surface area (Å²) >= 11 is 7.35. The van der Waals surface area contributed by atoms with Gasteiger partial charge in [-0.15, -0.1) is 11.3 Å². The van der Waals surface area contributed by atoms with E-state index in [1.54, 1.807) is 12.1 Å². The van der Waals surface area contributed by atoms with E-state index in [0.717, 1.165) is 29.2 Å². The van der Waals surface area contributed by atoms with Crippen molar-refractivity contribution in [1.29, 1.82) is 0 Å². The second kappa shape index (κ2) is 10.4. The summed E-state index contributed by atoms with van der Waals surface area (Å²) in [6.07, 6.45) is 1.44. The highest BCUT2D eigenvalue weighted by atomic mass is 35.5. The van der Waals surface area contributed by atoms with Crippen LogP contribution < -0.4 is 10.1 Å². The minimum Gasteiger partial charge on any atom is -0.494 e. The van der Waals surface area contributed by atoms with Gasteiger partial charge in [-0.3, -0.25) is 9.59 Å². The van der Waals surface area contributed by atoms with Crippen LogP contribution in [0.5, 0.6) is 5.75 Å².